The molecule has 0 N–H and O–H groups in total. The van der Waals surface area contributed by atoms with Crippen LogP contribution in [0.25, 0.3) is 6.08 Å². The minimum Gasteiger partial charge on any atom is -0.490 e. The van der Waals surface area contributed by atoms with Crippen LogP contribution in [0.15, 0.2) is 71.4 Å². The van der Waals surface area contributed by atoms with Gasteiger partial charge in [-0.3, -0.25) is 10.1 Å². The predicted molar refractivity (Wildman–Crippen MR) is 132 cm³/mol. The van der Waals surface area contributed by atoms with Gasteiger partial charge in [0.15, 0.2) is 17.2 Å². The first-order valence-electron chi connectivity index (χ1n) is 10.5. The van der Waals surface area contributed by atoms with Crippen LogP contribution in [0.5, 0.6) is 11.5 Å². The number of carbonyl (C=O) groups excluding carboxylic acids is 1. The number of non-ortho nitro benzene ring substituents is 1. The maximum atomic E-state index is 12.4. The van der Waals surface area contributed by atoms with Gasteiger partial charge in [-0.15, -0.1) is 0 Å². The third-order valence-electron chi connectivity index (χ3n) is 4.89. The maximum Gasteiger partial charge on any atom is 0.363 e. The molecule has 0 atom stereocenters. The molecule has 3 aromatic rings. The maximum absolute atomic E-state index is 12.4. The number of rotatable bonds is 8. The van der Waals surface area contributed by atoms with E-state index in [-0.39, 0.29) is 28.9 Å². The van der Waals surface area contributed by atoms with Crippen LogP contribution in [-0.2, 0) is 16.1 Å². The number of aliphatic imine (C=N–C) groups is 1. The molecule has 0 aliphatic carbocycles. The third-order valence-corrected chi connectivity index (χ3v) is 5.50. The Balaban J connectivity index is 1.59. The summed E-state index contributed by atoms with van der Waals surface area (Å²) in [5.41, 5.74) is 1.85. The zero-order valence-corrected chi connectivity index (χ0v) is 19.9. The summed E-state index contributed by atoms with van der Waals surface area (Å²) in [5.74, 6) is 0.178. The average molecular weight is 513 g/mol. The first-order chi connectivity index (χ1) is 16.9. The van der Waals surface area contributed by atoms with E-state index < -0.39 is 10.9 Å². The van der Waals surface area contributed by atoms with E-state index >= 15 is 0 Å². The van der Waals surface area contributed by atoms with Gasteiger partial charge in [-0.05, 0) is 60.5 Å². The largest absolute Gasteiger partial charge is 0.490 e. The van der Waals surface area contributed by atoms with Crippen molar-refractivity contribution in [3.63, 3.8) is 0 Å². The highest BCUT2D eigenvalue weighted by atomic mass is 35.5. The van der Waals surface area contributed by atoms with Gasteiger partial charge in [0.25, 0.3) is 5.69 Å². The fourth-order valence-electron chi connectivity index (χ4n) is 3.26. The van der Waals surface area contributed by atoms with Crippen LogP contribution < -0.4 is 9.47 Å². The van der Waals surface area contributed by atoms with Crippen molar-refractivity contribution in [1.82, 2.24) is 0 Å². The molecule has 0 unspecified atom stereocenters. The summed E-state index contributed by atoms with van der Waals surface area (Å²) >= 11 is 12.7. The van der Waals surface area contributed by atoms with Crippen LogP contribution >= 0.6 is 23.2 Å². The normalized spacial score (nSPS) is 14.0. The fraction of sp³-hybridized carbons (Fsp3) is 0.120. The van der Waals surface area contributed by atoms with Crippen molar-refractivity contribution in [3.8, 4) is 11.5 Å². The van der Waals surface area contributed by atoms with E-state index in [0.29, 0.717) is 34.3 Å². The van der Waals surface area contributed by atoms with E-state index in [1.54, 1.807) is 48.5 Å². The number of hydrogen-bond acceptors (Lipinski definition) is 7. The molecule has 3 aromatic carbocycles. The molecule has 0 amide bonds. The standard InChI is InChI=1S/C25H18Cl2N2O6/c1-2-33-22-13-16(12-21-25(30)35-24(28-21)18-5-3-4-6-19(18)26)11-20(27)23(22)34-14-15-7-9-17(10-8-15)29(31)32/h3-13H,2,14H2,1H3/b21-12-. The van der Waals surface area contributed by atoms with Gasteiger partial charge in [-0.2, -0.15) is 0 Å². The number of hydrogen-bond donors (Lipinski definition) is 0. The Hall–Kier alpha value is -3.88. The van der Waals surface area contributed by atoms with Gasteiger partial charge >= 0.3 is 5.97 Å². The minimum absolute atomic E-state index is 0.00929. The summed E-state index contributed by atoms with van der Waals surface area (Å²) < 4.78 is 16.8. The number of halogens is 2. The molecular formula is C25H18Cl2N2O6. The van der Waals surface area contributed by atoms with Crippen LogP contribution in [0.3, 0.4) is 0 Å². The highest BCUT2D eigenvalue weighted by Gasteiger charge is 2.26. The van der Waals surface area contributed by atoms with Crippen molar-refractivity contribution in [2.45, 2.75) is 13.5 Å². The second kappa shape index (κ2) is 10.6. The molecule has 0 saturated carbocycles. The van der Waals surface area contributed by atoms with Gasteiger partial charge in [0.2, 0.25) is 5.90 Å². The van der Waals surface area contributed by atoms with E-state index in [1.165, 1.54) is 18.2 Å². The van der Waals surface area contributed by atoms with E-state index in [1.807, 2.05) is 6.92 Å². The number of nitro groups is 1. The highest BCUT2D eigenvalue weighted by molar-refractivity contribution is 6.34. The molecule has 4 rings (SSSR count). The molecule has 0 radical (unpaired) electrons. The summed E-state index contributed by atoms with van der Waals surface area (Å²) in [6, 6.07) is 16.2. The molecule has 8 nitrogen and oxygen atoms in total. The van der Waals surface area contributed by atoms with Gasteiger partial charge in [0.1, 0.15) is 6.61 Å². The van der Waals surface area contributed by atoms with Crippen molar-refractivity contribution in [2.75, 3.05) is 6.61 Å². The summed E-state index contributed by atoms with van der Waals surface area (Å²) in [6.45, 7) is 2.28. The molecule has 0 fully saturated rings. The Kier molecular flexibility index (Phi) is 7.33. The molecule has 0 spiro atoms. The molecule has 0 saturated heterocycles. The van der Waals surface area contributed by atoms with Crippen LogP contribution in [0.4, 0.5) is 5.69 Å². The van der Waals surface area contributed by atoms with Gasteiger partial charge in [-0.1, -0.05) is 35.3 Å². The van der Waals surface area contributed by atoms with Gasteiger partial charge < -0.3 is 14.2 Å². The summed E-state index contributed by atoms with van der Waals surface area (Å²) in [4.78, 5) is 27.0. The first-order valence-corrected chi connectivity index (χ1v) is 11.2. The molecular weight excluding hydrogens is 495 g/mol. The summed E-state index contributed by atoms with van der Waals surface area (Å²) in [7, 11) is 0. The second-order valence-electron chi connectivity index (χ2n) is 7.29. The van der Waals surface area contributed by atoms with Gasteiger partial charge in [0, 0.05) is 12.1 Å². The smallest absolute Gasteiger partial charge is 0.363 e. The highest BCUT2D eigenvalue weighted by Crippen LogP contribution is 2.38. The zero-order valence-electron chi connectivity index (χ0n) is 18.4. The summed E-state index contributed by atoms with van der Waals surface area (Å²) in [6.07, 6.45) is 1.53. The number of benzene rings is 3. The van der Waals surface area contributed by atoms with E-state index in [2.05, 4.69) is 4.99 Å². The average Bonchev–Trinajstić information content (AvgIpc) is 3.19. The van der Waals surface area contributed by atoms with Crippen molar-refractivity contribution < 1.29 is 23.9 Å². The number of cyclic esters (lactones) is 1. The zero-order chi connectivity index (χ0) is 24.9. The van der Waals surface area contributed by atoms with E-state index in [4.69, 9.17) is 37.4 Å². The minimum atomic E-state index is -0.618. The van der Waals surface area contributed by atoms with E-state index in [0.717, 1.165) is 5.56 Å². The lowest BCUT2D eigenvalue weighted by molar-refractivity contribution is -0.384. The second-order valence-corrected chi connectivity index (χ2v) is 8.11. The number of esters is 1. The number of ether oxygens (including phenoxy) is 3. The Morgan fingerprint density at radius 1 is 1.06 bits per heavy atom. The molecule has 35 heavy (non-hydrogen) atoms. The van der Waals surface area contributed by atoms with Crippen molar-refractivity contribution in [1.29, 1.82) is 0 Å². The molecule has 1 aliphatic rings. The number of carbonyl (C=O) groups is 1. The lowest BCUT2D eigenvalue weighted by atomic mass is 10.1. The predicted octanol–water partition coefficient (Wildman–Crippen LogP) is 6.22. The number of nitrogens with zero attached hydrogens (tertiary/aromatic N) is 2. The van der Waals surface area contributed by atoms with Crippen molar-refractivity contribution >= 4 is 46.8 Å². The number of nitro benzene ring substituents is 1. The molecule has 1 aliphatic heterocycles. The molecule has 10 heteroatoms. The molecule has 1 heterocycles. The van der Waals surface area contributed by atoms with Crippen molar-refractivity contribution in [2.24, 2.45) is 4.99 Å². The van der Waals surface area contributed by atoms with Crippen LogP contribution in [0, 0.1) is 10.1 Å². The van der Waals surface area contributed by atoms with Gasteiger partial charge in [0.05, 0.1) is 27.1 Å². The first kappa shape index (κ1) is 24.3. The van der Waals surface area contributed by atoms with Crippen molar-refractivity contribution in [3.05, 3.63) is 103 Å². The third kappa shape index (κ3) is 5.62. The molecule has 178 valence electrons. The van der Waals surface area contributed by atoms with E-state index in [9.17, 15) is 14.9 Å². The Bertz CT molecular complexity index is 1350. The fourth-order valence-corrected chi connectivity index (χ4v) is 3.75. The quantitative estimate of drug-likeness (QED) is 0.153. The summed E-state index contributed by atoms with van der Waals surface area (Å²) in [5, 5.41) is 11.5. The Morgan fingerprint density at radius 2 is 1.80 bits per heavy atom. The molecule has 0 bridgehead atoms. The lowest BCUT2D eigenvalue weighted by Gasteiger charge is -2.14. The Morgan fingerprint density at radius 3 is 2.49 bits per heavy atom. The topological polar surface area (TPSA) is 100 Å². The van der Waals surface area contributed by atoms with Crippen LogP contribution in [-0.4, -0.2) is 23.4 Å². The monoisotopic (exact) mass is 512 g/mol. The SMILES string of the molecule is CCOc1cc(/C=C2\N=C(c3ccccc3Cl)OC2=O)cc(Cl)c1OCc1ccc([N+](=O)[O-])cc1. The van der Waals surface area contributed by atoms with Crippen LogP contribution in [0.2, 0.25) is 10.0 Å². The molecule has 0 aromatic heterocycles. The lowest BCUT2D eigenvalue weighted by Crippen LogP contribution is -2.05. The van der Waals surface area contributed by atoms with Gasteiger partial charge in [-0.25, -0.2) is 9.79 Å². The van der Waals surface area contributed by atoms with Crippen LogP contribution in [0.1, 0.15) is 23.6 Å². The Labute approximate surface area is 210 Å².